The molecule has 0 saturated heterocycles. The van der Waals surface area contributed by atoms with Gasteiger partial charge in [0.2, 0.25) is 5.91 Å². The molecule has 2 N–H and O–H groups in total. The van der Waals surface area contributed by atoms with Gasteiger partial charge < -0.3 is 15.2 Å². The largest absolute Gasteiger partial charge is 0.332 e. The maximum absolute atomic E-state index is 12.5. The second-order valence-electron chi connectivity index (χ2n) is 6.13. The fourth-order valence-electron chi connectivity index (χ4n) is 2.85. The minimum Gasteiger partial charge on any atom is -0.332 e. The van der Waals surface area contributed by atoms with Crippen LogP contribution in [0.5, 0.6) is 0 Å². The van der Waals surface area contributed by atoms with Crippen molar-refractivity contribution in [3.63, 3.8) is 0 Å². The quantitative estimate of drug-likeness (QED) is 0.931. The van der Waals surface area contributed by atoms with Crippen molar-refractivity contribution < 1.29 is 4.79 Å². The minimum atomic E-state index is -0.442. The van der Waals surface area contributed by atoms with Crippen LogP contribution >= 0.6 is 0 Å². The fourth-order valence-corrected chi connectivity index (χ4v) is 2.85. The minimum absolute atomic E-state index is 0.00913. The Morgan fingerprint density at radius 2 is 2.00 bits per heavy atom. The van der Waals surface area contributed by atoms with Crippen LogP contribution in [-0.4, -0.2) is 38.2 Å². The molecule has 2 heterocycles. The van der Waals surface area contributed by atoms with Crippen molar-refractivity contribution in [1.82, 2.24) is 19.7 Å². The number of nitrogens with zero attached hydrogens (tertiary/aromatic N) is 4. The first kappa shape index (κ1) is 15.7. The lowest BCUT2D eigenvalue weighted by molar-refractivity contribution is -0.135. The summed E-state index contributed by atoms with van der Waals surface area (Å²) in [5, 5.41) is 8.57. The Morgan fingerprint density at radius 3 is 2.70 bits per heavy atom. The Balaban J connectivity index is 1.78. The van der Waals surface area contributed by atoms with E-state index in [9.17, 15) is 4.79 Å². The maximum Gasteiger partial charge on any atom is 0.240 e. The van der Waals surface area contributed by atoms with E-state index in [2.05, 4.69) is 21.7 Å². The number of carbonyl (C=O) groups excluding carboxylic acids is 1. The first-order valence-corrected chi connectivity index (χ1v) is 8.13. The normalized spacial score (nSPS) is 16.7. The summed E-state index contributed by atoms with van der Waals surface area (Å²) >= 11 is 0. The third-order valence-electron chi connectivity index (χ3n) is 4.64. The van der Waals surface area contributed by atoms with Gasteiger partial charge in [-0.25, -0.2) is 0 Å². The smallest absolute Gasteiger partial charge is 0.240 e. The van der Waals surface area contributed by atoms with Crippen molar-refractivity contribution in [3.05, 3.63) is 36.2 Å². The first-order valence-electron chi connectivity index (χ1n) is 8.13. The average molecular weight is 313 g/mol. The topological polar surface area (TPSA) is 77.0 Å². The lowest BCUT2D eigenvalue weighted by atomic mass is 9.98. The molecule has 2 unspecified atom stereocenters. The van der Waals surface area contributed by atoms with Crippen molar-refractivity contribution in [2.45, 2.75) is 39.4 Å². The highest BCUT2D eigenvalue weighted by Gasteiger charge is 2.29. The number of nitrogens with two attached hydrogens (primary N) is 1. The number of fused-ring (bicyclic) bond motifs is 1. The maximum atomic E-state index is 12.5. The summed E-state index contributed by atoms with van der Waals surface area (Å²) in [6.07, 6.45) is 0.898. The van der Waals surface area contributed by atoms with Gasteiger partial charge in [-0.3, -0.25) is 4.79 Å². The Kier molecular flexibility index (Phi) is 4.43. The molecule has 0 saturated carbocycles. The second-order valence-corrected chi connectivity index (χ2v) is 6.13. The summed E-state index contributed by atoms with van der Waals surface area (Å²) in [6, 6.07) is 9.55. The molecule has 0 aliphatic carbocycles. The van der Waals surface area contributed by atoms with Crippen LogP contribution in [-0.2, 0) is 17.9 Å². The molecule has 1 aliphatic rings. The zero-order valence-corrected chi connectivity index (χ0v) is 13.6. The van der Waals surface area contributed by atoms with E-state index >= 15 is 0 Å². The van der Waals surface area contributed by atoms with Gasteiger partial charge in [0.25, 0.3) is 0 Å². The molecular formula is C17H23N5O. The van der Waals surface area contributed by atoms with Gasteiger partial charge >= 0.3 is 0 Å². The van der Waals surface area contributed by atoms with Crippen LogP contribution in [0.4, 0.5) is 0 Å². The number of rotatable bonds is 4. The van der Waals surface area contributed by atoms with Crippen LogP contribution in [0.25, 0.3) is 11.4 Å². The molecule has 1 amide bonds. The Hall–Kier alpha value is -2.21. The molecule has 2 atom stereocenters. The van der Waals surface area contributed by atoms with E-state index in [0.717, 1.165) is 23.6 Å². The number of benzene rings is 1. The molecule has 0 spiro atoms. The number of amides is 1. The van der Waals surface area contributed by atoms with Crippen molar-refractivity contribution >= 4 is 5.91 Å². The van der Waals surface area contributed by atoms with Crippen LogP contribution in [0.2, 0.25) is 0 Å². The highest BCUT2D eigenvalue weighted by atomic mass is 16.2. The molecule has 2 aromatic rings. The van der Waals surface area contributed by atoms with E-state index in [0.29, 0.717) is 19.6 Å². The monoisotopic (exact) mass is 313 g/mol. The number of hydrogen-bond donors (Lipinski definition) is 1. The van der Waals surface area contributed by atoms with Crippen molar-refractivity contribution in [2.75, 3.05) is 6.54 Å². The highest BCUT2D eigenvalue weighted by molar-refractivity contribution is 5.82. The van der Waals surface area contributed by atoms with Gasteiger partial charge in [0, 0.05) is 18.7 Å². The molecule has 0 bridgehead atoms. The molecule has 6 heteroatoms. The molecule has 122 valence electrons. The van der Waals surface area contributed by atoms with Crippen molar-refractivity contribution in [2.24, 2.45) is 11.7 Å². The van der Waals surface area contributed by atoms with Crippen LogP contribution in [0.15, 0.2) is 30.3 Å². The predicted molar refractivity (Wildman–Crippen MR) is 88.3 cm³/mol. The summed E-state index contributed by atoms with van der Waals surface area (Å²) < 4.78 is 2.09. The van der Waals surface area contributed by atoms with E-state index < -0.39 is 6.04 Å². The number of carbonyl (C=O) groups is 1. The standard InChI is InChI=1S/C17H23N5O/c1-3-12(2)15(18)17(23)21-9-10-22-14(11-21)19-20-16(22)13-7-5-4-6-8-13/h4-8,12,15H,3,9-11,18H2,1-2H3. The van der Waals surface area contributed by atoms with Gasteiger partial charge in [-0.2, -0.15) is 0 Å². The molecule has 3 rings (SSSR count). The van der Waals surface area contributed by atoms with Gasteiger partial charge in [0.1, 0.15) is 0 Å². The first-order chi connectivity index (χ1) is 11.1. The van der Waals surface area contributed by atoms with Crippen LogP contribution in [0.1, 0.15) is 26.1 Å². The Bertz CT molecular complexity index is 682. The van der Waals surface area contributed by atoms with Gasteiger partial charge in [-0.15, -0.1) is 10.2 Å². The molecule has 23 heavy (non-hydrogen) atoms. The van der Waals surface area contributed by atoms with Crippen LogP contribution in [0.3, 0.4) is 0 Å². The summed E-state index contributed by atoms with van der Waals surface area (Å²) in [4.78, 5) is 14.3. The Labute approximate surface area is 136 Å². The summed E-state index contributed by atoms with van der Waals surface area (Å²) in [6.45, 7) is 5.89. The summed E-state index contributed by atoms with van der Waals surface area (Å²) in [7, 11) is 0. The molecular weight excluding hydrogens is 290 g/mol. The summed E-state index contributed by atoms with van der Waals surface area (Å²) in [5.41, 5.74) is 7.13. The molecule has 1 aliphatic heterocycles. The van der Waals surface area contributed by atoms with Gasteiger partial charge in [-0.05, 0) is 5.92 Å². The SMILES string of the molecule is CCC(C)C(N)C(=O)N1CCn2c(nnc2-c2ccccc2)C1. The van der Waals surface area contributed by atoms with Crippen molar-refractivity contribution in [1.29, 1.82) is 0 Å². The predicted octanol–water partition coefficient (Wildman–Crippen LogP) is 1.66. The van der Waals surface area contributed by atoms with E-state index in [1.165, 1.54) is 0 Å². The van der Waals surface area contributed by atoms with Crippen LogP contribution < -0.4 is 5.73 Å². The lowest BCUT2D eigenvalue weighted by Crippen LogP contribution is -2.49. The van der Waals surface area contributed by atoms with Crippen LogP contribution in [0, 0.1) is 5.92 Å². The molecule has 0 fully saturated rings. The molecule has 0 radical (unpaired) electrons. The van der Waals surface area contributed by atoms with Gasteiger partial charge in [0.15, 0.2) is 11.6 Å². The fraction of sp³-hybridized carbons (Fsp3) is 0.471. The molecule has 6 nitrogen and oxygen atoms in total. The van der Waals surface area contributed by atoms with E-state index in [-0.39, 0.29) is 11.8 Å². The zero-order valence-electron chi connectivity index (χ0n) is 13.6. The van der Waals surface area contributed by atoms with E-state index in [1.807, 2.05) is 37.3 Å². The number of hydrogen-bond acceptors (Lipinski definition) is 4. The Morgan fingerprint density at radius 1 is 1.26 bits per heavy atom. The third kappa shape index (κ3) is 2.99. The van der Waals surface area contributed by atoms with Gasteiger partial charge in [0.05, 0.1) is 12.6 Å². The van der Waals surface area contributed by atoms with Gasteiger partial charge in [-0.1, -0.05) is 50.6 Å². The highest BCUT2D eigenvalue weighted by Crippen LogP contribution is 2.22. The molecule has 1 aromatic heterocycles. The average Bonchev–Trinajstić information content (AvgIpc) is 3.03. The molecule has 1 aromatic carbocycles. The second kappa shape index (κ2) is 6.50. The van der Waals surface area contributed by atoms with E-state index in [1.54, 1.807) is 4.90 Å². The number of aromatic nitrogens is 3. The lowest BCUT2D eigenvalue weighted by Gasteiger charge is -2.31. The van der Waals surface area contributed by atoms with Crippen molar-refractivity contribution in [3.8, 4) is 11.4 Å². The van der Waals surface area contributed by atoms with E-state index in [4.69, 9.17) is 5.73 Å². The summed E-state index contributed by atoms with van der Waals surface area (Å²) in [5.74, 6) is 1.87. The third-order valence-corrected chi connectivity index (χ3v) is 4.64. The zero-order chi connectivity index (χ0) is 16.4.